The Morgan fingerprint density at radius 3 is 2.62 bits per heavy atom. The Bertz CT molecular complexity index is 864. The fraction of sp³-hybridized carbons (Fsp3) is 0.118. The standard InChI is InChI=1S/C17H14ClN3O3/c1-23-10-15(22)19-14-9-5-3-7-12(14)17-20-16(21-24-17)11-6-2-4-8-13(11)18/h2-9H,10H2,1H3,(H,19,22). The monoisotopic (exact) mass is 343 g/mol. The summed E-state index contributed by atoms with van der Waals surface area (Å²) in [6.07, 6.45) is 0. The maximum absolute atomic E-state index is 11.7. The van der Waals surface area contributed by atoms with Crippen molar-refractivity contribution < 1.29 is 14.1 Å². The van der Waals surface area contributed by atoms with Gasteiger partial charge in [-0.2, -0.15) is 4.98 Å². The second-order valence-corrected chi connectivity index (χ2v) is 5.34. The Balaban J connectivity index is 1.93. The molecule has 0 bridgehead atoms. The summed E-state index contributed by atoms with van der Waals surface area (Å²) in [4.78, 5) is 16.1. The van der Waals surface area contributed by atoms with Crippen LogP contribution in [-0.2, 0) is 9.53 Å². The molecule has 0 atom stereocenters. The molecule has 1 aromatic heterocycles. The van der Waals surface area contributed by atoms with Crippen molar-refractivity contribution in [1.29, 1.82) is 0 Å². The number of ether oxygens (including phenoxy) is 1. The fourth-order valence-electron chi connectivity index (χ4n) is 2.18. The number of carbonyl (C=O) groups is 1. The van der Waals surface area contributed by atoms with Crippen LogP contribution >= 0.6 is 11.6 Å². The Morgan fingerprint density at radius 2 is 1.88 bits per heavy atom. The van der Waals surface area contributed by atoms with E-state index in [0.717, 1.165) is 0 Å². The summed E-state index contributed by atoms with van der Waals surface area (Å²) < 4.78 is 10.2. The van der Waals surface area contributed by atoms with Crippen LogP contribution in [0.5, 0.6) is 0 Å². The van der Waals surface area contributed by atoms with E-state index in [-0.39, 0.29) is 12.5 Å². The molecule has 0 spiro atoms. The largest absolute Gasteiger partial charge is 0.375 e. The van der Waals surface area contributed by atoms with Crippen LogP contribution in [0, 0.1) is 0 Å². The number of para-hydroxylation sites is 1. The van der Waals surface area contributed by atoms with Crippen LogP contribution in [0.15, 0.2) is 53.1 Å². The van der Waals surface area contributed by atoms with E-state index < -0.39 is 0 Å². The van der Waals surface area contributed by atoms with E-state index in [1.807, 2.05) is 24.3 Å². The number of nitrogens with one attached hydrogen (secondary N) is 1. The van der Waals surface area contributed by atoms with Gasteiger partial charge < -0.3 is 14.6 Å². The molecule has 1 N–H and O–H groups in total. The summed E-state index contributed by atoms with van der Waals surface area (Å²) in [5.41, 5.74) is 1.86. The molecular formula is C17H14ClN3O3. The highest BCUT2D eigenvalue weighted by atomic mass is 35.5. The van der Waals surface area contributed by atoms with Crippen LogP contribution < -0.4 is 5.32 Å². The number of hydrogen-bond donors (Lipinski definition) is 1. The van der Waals surface area contributed by atoms with Crippen molar-refractivity contribution in [3.05, 3.63) is 53.6 Å². The van der Waals surface area contributed by atoms with Crippen LogP contribution in [0.25, 0.3) is 22.8 Å². The summed E-state index contributed by atoms with van der Waals surface area (Å²) in [6.45, 7) is -0.0386. The molecule has 0 unspecified atom stereocenters. The molecule has 0 radical (unpaired) electrons. The highest BCUT2D eigenvalue weighted by molar-refractivity contribution is 6.33. The first-order chi connectivity index (χ1) is 11.7. The number of aromatic nitrogens is 2. The van der Waals surface area contributed by atoms with E-state index in [4.69, 9.17) is 20.9 Å². The van der Waals surface area contributed by atoms with E-state index in [2.05, 4.69) is 15.5 Å². The van der Waals surface area contributed by atoms with E-state index in [1.165, 1.54) is 7.11 Å². The zero-order valence-electron chi connectivity index (χ0n) is 12.8. The Labute approximate surface area is 143 Å². The molecule has 0 aliphatic carbocycles. The van der Waals surface area contributed by atoms with Gasteiger partial charge in [-0.3, -0.25) is 4.79 Å². The molecule has 0 aliphatic rings. The summed E-state index contributed by atoms with van der Waals surface area (Å²) in [5.74, 6) is 0.405. The molecule has 0 saturated heterocycles. The lowest BCUT2D eigenvalue weighted by Gasteiger charge is -2.07. The van der Waals surface area contributed by atoms with E-state index in [9.17, 15) is 4.79 Å². The predicted molar refractivity (Wildman–Crippen MR) is 90.7 cm³/mol. The normalized spacial score (nSPS) is 10.6. The van der Waals surface area contributed by atoms with Gasteiger partial charge in [0.2, 0.25) is 11.7 Å². The SMILES string of the molecule is COCC(=O)Nc1ccccc1-c1nc(-c2ccccc2Cl)no1. The number of carbonyl (C=O) groups excluding carboxylic acids is 1. The van der Waals surface area contributed by atoms with Crippen molar-refractivity contribution in [2.75, 3.05) is 19.0 Å². The Morgan fingerprint density at radius 1 is 1.17 bits per heavy atom. The molecular weight excluding hydrogens is 330 g/mol. The molecule has 1 amide bonds. The fourth-order valence-corrected chi connectivity index (χ4v) is 2.40. The van der Waals surface area contributed by atoms with Gasteiger partial charge in [0.05, 0.1) is 16.3 Å². The van der Waals surface area contributed by atoms with Crippen molar-refractivity contribution in [2.45, 2.75) is 0 Å². The number of benzene rings is 2. The van der Waals surface area contributed by atoms with Gasteiger partial charge >= 0.3 is 0 Å². The Hall–Kier alpha value is -2.70. The van der Waals surface area contributed by atoms with Gasteiger partial charge in [0.1, 0.15) is 6.61 Å². The van der Waals surface area contributed by atoms with Crippen LogP contribution in [0.1, 0.15) is 0 Å². The third-order valence-corrected chi connectivity index (χ3v) is 3.58. The highest BCUT2D eigenvalue weighted by Crippen LogP contribution is 2.30. The van der Waals surface area contributed by atoms with E-state index in [1.54, 1.807) is 24.3 Å². The van der Waals surface area contributed by atoms with Crippen molar-refractivity contribution in [3.8, 4) is 22.8 Å². The number of nitrogens with zero attached hydrogens (tertiary/aromatic N) is 2. The molecule has 0 saturated carbocycles. The molecule has 3 aromatic rings. The molecule has 0 fully saturated rings. The molecule has 122 valence electrons. The zero-order valence-corrected chi connectivity index (χ0v) is 13.6. The molecule has 1 heterocycles. The second-order valence-electron chi connectivity index (χ2n) is 4.93. The lowest BCUT2D eigenvalue weighted by Crippen LogP contribution is -2.17. The van der Waals surface area contributed by atoms with Crippen molar-refractivity contribution >= 4 is 23.2 Å². The van der Waals surface area contributed by atoms with Crippen LogP contribution in [0.2, 0.25) is 5.02 Å². The minimum absolute atomic E-state index is 0.0386. The quantitative estimate of drug-likeness (QED) is 0.765. The van der Waals surface area contributed by atoms with Gasteiger partial charge in [0.15, 0.2) is 0 Å². The molecule has 3 rings (SSSR count). The molecule has 6 nitrogen and oxygen atoms in total. The minimum atomic E-state index is -0.268. The zero-order chi connectivity index (χ0) is 16.9. The Kier molecular flexibility index (Phi) is 4.88. The number of methoxy groups -OCH3 is 1. The average molecular weight is 344 g/mol. The summed E-state index contributed by atoms with van der Waals surface area (Å²) >= 11 is 6.16. The van der Waals surface area contributed by atoms with Gasteiger partial charge in [-0.05, 0) is 24.3 Å². The second kappa shape index (κ2) is 7.25. The number of anilines is 1. The number of rotatable bonds is 5. The van der Waals surface area contributed by atoms with Crippen molar-refractivity contribution in [1.82, 2.24) is 10.1 Å². The van der Waals surface area contributed by atoms with Gasteiger partial charge in [0.25, 0.3) is 5.89 Å². The molecule has 24 heavy (non-hydrogen) atoms. The van der Waals surface area contributed by atoms with Crippen molar-refractivity contribution in [2.24, 2.45) is 0 Å². The van der Waals surface area contributed by atoms with E-state index in [0.29, 0.717) is 33.6 Å². The van der Waals surface area contributed by atoms with Crippen LogP contribution in [0.3, 0.4) is 0 Å². The first-order valence-electron chi connectivity index (χ1n) is 7.16. The van der Waals surface area contributed by atoms with Gasteiger partial charge in [0, 0.05) is 12.7 Å². The third kappa shape index (κ3) is 3.45. The molecule has 7 heteroatoms. The van der Waals surface area contributed by atoms with E-state index >= 15 is 0 Å². The van der Waals surface area contributed by atoms with Crippen molar-refractivity contribution in [3.63, 3.8) is 0 Å². The number of amides is 1. The number of halogens is 1. The first kappa shape index (κ1) is 16.2. The lowest BCUT2D eigenvalue weighted by atomic mass is 10.1. The third-order valence-electron chi connectivity index (χ3n) is 3.25. The maximum Gasteiger partial charge on any atom is 0.260 e. The van der Waals surface area contributed by atoms with Gasteiger partial charge in [-0.15, -0.1) is 0 Å². The number of hydrogen-bond acceptors (Lipinski definition) is 5. The highest BCUT2D eigenvalue weighted by Gasteiger charge is 2.16. The minimum Gasteiger partial charge on any atom is -0.375 e. The topological polar surface area (TPSA) is 77.2 Å². The summed E-state index contributed by atoms with van der Waals surface area (Å²) in [7, 11) is 1.46. The van der Waals surface area contributed by atoms with Crippen LogP contribution in [0.4, 0.5) is 5.69 Å². The predicted octanol–water partition coefficient (Wildman–Crippen LogP) is 3.64. The summed E-state index contributed by atoms with van der Waals surface area (Å²) in [5, 5.41) is 7.26. The van der Waals surface area contributed by atoms with Crippen LogP contribution in [-0.4, -0.2) is 29.8 Å². The van der Waals surface area contributed by atoms with Gasteiger partial charge in [-0.25, -0.2) is 0 Å². The van der Waals surface area contributed by atoms with Gasteiger partial charge in [-0.1, -0.05) is 41.0 Å². The average Bonchev–Trinajstić information content (AvgIpc) is 3.05. The maximum atomic E-state index is 11.7. The summed E-state index contributed by atoms with van der Waals surface area (Å²) in [6, 6.07) is 14.4. The molecule has 0 aliphatic heterocycles. The first-order valence-corrected chi connectivity index (χ1v) is 7.53. The lowest BCUT2D eigenvalue weighted by molar-refractivity contribution is -0.119. The molecule has 2 aromatic carbocycles. The smallest absolute Gasteiger partial charge is 0.260 e.